The van der Waals surface area contributed by atoms with E-state index >= 15 is 0 Å². The summed E-state index contributed by atoms with van der Waals surface area (Å²) in [6.45, 7) is 7.04. The van der Waals surface area contributed by atoms with E-state index in [0.29, 0.717) is 17.6 Å². The number of nitrogens with zero attached hydrogens (tertiary/aromatic N) is 2. The van der Waals surface area contributed by atoms with E-state index < -0.39 is 0 Å². The minimum Gasteiger partial charge on any atom is -0.382 e. The molecular formula is C15H23N3O2. The van der Waals surface area contributed by atoms with Crippen LogP contribution in [0.25, 0.3) is 0 Å². The summed E-state index contributed by atoms with van der Waals surface area (Å²) in [5.74, 6) is 0. The van der Waals surface area contributed by atoms with Crippen LogP contribution in [0.5, 0.6) is 0 Å². The van der Waals surface area contributed by atoms with Gasteiger partial charge in [-0.2, -0.15) is 0 Å². The zero-order valence-electron chi connectivity index (χ0n) is 12.6. The minimum atomic E-state index is -0.316. The second-order valence-corrected chi connectivity index (χ2v) is 5.91. The van der Waals surface area contributed by atoms with Gasteiger partial charge in [0.25, 0.3) is 5.69 Å². The molecule has 2 rings (SSSR count). The number of hydrogen-bond acceptors (Lipinski definition) is 4. The Morgan fingerprint density at radius 1 is 1.35 bits per heavy atom. The van der Waals surface area contributed by atoms with E-state index in [9.17, 15) is 10.1 Å². The Bertz CT molecular complexity index is 516. The monoisotopic (exact) mass is 277 g/mol. The molecule has 1 aliphatic rings. The lowest BCUT2D eigenvalue weighted by Gasteiger charge is -2.36. The van der Waals surface area contributed by atoms with E-state index in [1.807, 2.05) is 13.0 Å². The third kappa shape index (κ3) is 3.10. The molecule has 5 nitrogen and oxygen atoms in total. The minimum absolute atomic E-state index is 0.199. The molecule has 0 radical (unpaired) electrons. The summed E-state index contributed by atoms with van der Waals surface area (Å²) in [6.07, 6.45) is 2.21. The number of aryl methyl sites for hydroxylation is 2. The molecule has 0 amide bonds. The molecule has 2 unspecified atom stereocenters. The summed E-state index contributed by atoms with van der Waals surface area (Å²) in [7, 11) is 2.15. The van der Waals surface area contributed by atoms with Crippen LogP contribution < -0.4 is 5.32 Å². The Kier molecular flexibility index (Phi) is 4.28. The number of anilines is 1. The smallest absolute Gasteiger partial charge is 0.272 e. The molecule has 1 aromatic carbocycles. The van der Waals surface area contributed by atoms with Crippen LogP contribution >= 0.6 is 0 Å². The Labute approximate surface area is 120 Å². The fourth-order valence-corrected chi connectivity index (χ4v) is 2.79. The van der Waals surface area contributed by atoms with Crippen LogP contribution in [0.15, 0.2) is 12.1 Å². The van der Waals surface area contributed by atoms with Crippen molar-refractivity contribution in [1.29, 1.82) is 0 Å². The Hall–Kier alpha value is -1.62. The van der Waals surface area contributed by atoms with Crippen molar-refractivity contribution in [2.45, 2.75) is 45.7 Å². The number of nitro benzene ring substituents is 1. The summed E-state index contributed by atoms with van der Waals surface area (Å²) in [5, 5.41) is 14.5. The Morgan fingerprint density at radius 3 is 2.65 bits per heavy atom. The van der Waals surface area contributed by atoms with Crippen molar-refractivity contribution < 1.29 is 4.92 Å². The lowest BCUT2D eigenvalue weighted by atomic mass is 9.98. The molecule has 1 saturated heterocycles. The SMILES string of the molecule is Cc1cc([N+](=O)[O-])c(C)cc1NC1CCN(C)C(C)C1. The molecule has 1 aliphatic heterocycles. The van der Waals surface area contributed by atoms with Gasteiger partial charge in [-0.25, -0.2) is 0 Å². The average Bonchev–Trinajstić information content (AvgIpc) is 2.37. The number of nitrogens with one attached hydrogen (secondary N) is 1. The maximum Gasteiger partial charge on any atom is 0.272 e. The highest BCUT2D eigenvalue weighted by atomic mass is 16.6. The third-order valence-corrected chi connectivity index (χ3v) is 4.31. The van der Waals surface area contributed by atoms with Crippen LogP contribution in [0.4, 0.5) is 11.4 Å². The van der Waals surface area contributed by atoms with E-state index in [-0.39, 0.29) is 10.6 Å². The molecule has 1 fully saturated rings. The van der Waals surface area contributed by atoms with Gasteiger partial charge in [0, 0.05) is 35.9 Å². The van der Waals surface area contributed by atoms with E-state index in [2.05, 4.69) is 24.2 Å². The molecule has 0 aliphatic carbocycles. The molecule has 0 aromatic heterocycles. The van der Waals surface area contributed by atoms with E-state index in [0.717, 1.165) is 30.6 Å². The van der Waals surface area contributed by atoms with Crippen LogP contribution in [-0.2, 0) is 0 Å². The van der Waals surface area contributed by atoms with Gasteiger partial charge in [-0.05, 0) is 52.3 Å². The average molecular weight is 277 g/mol. The molecule has 1 aromatic rings. The molecule has 5 heteroatoms. The predicted molar refractivity (Wildman–Crippen MR) is 81.3 cm³/mol. The summed E-state index contributed by atoms with van der Waals surface area (Å²) in [6, 6.07) is 4.58. The van der Waals surface area contributed by atoms with Crippen molar-refractivity contribution >= 4 is 11.4 Å². The molecule has 0 bridgehead atoms. The maximum absolute atomic E-state index is 10.9. The highest BCUT2D eigenvalue weighted by Gasteiger charge is 2.23. The molecule has 110 valence electrons. The lowest BCUT2D eigenvalue weighted by Crippen LogP contribution is -2.42. The molecule has 2 atom stereocenters. The quantitative estimate of drug-likeness (QED) is 0.681. The molecule has 1 heterocycles. The first-order chi connectivity index (χ1) is 9.38. The first kappa shape index (κ1) is 14.8. The van der Waals surface area contributed by atoms with E-state index in [1.165, 1.54) is 0 Å². The van der Waals surface area contributed by atoms with Gasteiger partial charge in [-0.15, -0.1) is 0 Å². The van der Waals surface area contributed by atoms with Crippen molar-refractivity contribution in [3.05, 3.63) is 33.4 Å². The second kappa shape index (κ2) is 5.79. The fraction of sp³-hybridized carbons (Fsp3) is 0.600. The van der Waals surface area contributed by atoms with E-state index in [4.69, 9.17) is 0 Å². The number of benzene rings is 1. The van der Waals surface area contributed by atoms with Crippen molar-refractivity contribution in [1.82, 2.24) is 4.90 Å². The van der Waals surface area contributed by atoms with Gasteiger partial charge in [0.15, 0.2) is 0 Å². The Morgan fingerprint density at radius 2 is 2.05 bits per heavy atom. The molecule has 1 N–H and O–H groups in total. The summed E-state index contributed by atoms with van der Waals surface area (Å²) in [4.78, 5) is 13.0. The summed E-state index contributed by atoms with van der Waals surface area (Å²) < 4.78 is 0. The van der Waals surface area contributed by atoms with Crippen LogP contribution in [0, 0.1) is 24.0 Å². The van der Waals surface area contributed by atoms with Gasteiger partial charge in [0.2, 0.25) is 0 Å². The highest BCUT2D eigenvalue weighted by Crippen LogP contribution is 2.28. The van der Waals surface area contributed by atoms with Crippen molar-refractivity contribution in [3.63, 3.8) is 0 Å². The van der Waals surface area contributed by atoms with Crippen LogP contribution in [0.3, 0.4) is 0 Å². The lowest BCUT2D eigenvalue weighted by molar-refractivity contribution is -0.385. The van der Waals surface area contributed by atoms with Crippen molar-refractivity contribution in [2.24, 2.45) is 0 Å². The summed E-state index contributed by atoms with van der Waals surface area (Å²) in [5.41, 5.74) is 2.87. The number of likely N-dealkylation sites (tertiary alicyclic amines) is 1. The van der Waals surface area contributed by atoms with Crippen molar-refractivity contribution in [3.8, 4) is 0 Å². The first-order valence-electron chi connectivity index (χ1n) is 7.11. The molecule has 0 spiro atoms. The van der Waals surface area contributed by atoms with E-state index in [1.54, 1.807) is 13.0 Å². The van der Waals surface area contributed by atoms with Gasteiger partial charge in [0.05, 0.1) is 4.92 Å². The normalized spacial score (nSPS) is 23.6. The largest absolute Gasteiger partial charge is 0.382 e. The van der Waals surface area contributed by atoms with Gasteiger partial charge >= 0.3 is 0 Å². The van der Waals surface area contributed by atoms with Gasteiger partial charge < -0.3 is 10.2 Å². The maximum atomic E-state index is 10.9. The number of nitro groups is 1. The zero-order valence-corrected chi connectivity index (χ0v) is 12.6. The van der Waals surface area contributed by atoms with Gasteiger partial charge in [0.1, 0.15) is 0 Å². The first-order valence-corrected chi connectivity index (χ1v) is 7.11. The number of hydrogen-bond donors (Lipinski definition) is 1. The van der Waals surface area contributed by atoms with Crippen LogP contribution in [0.1, 0.15) is 30.9 Å². The second-order valence-electron chi connectivity index (χ2n) is 5.91. The van der Waals surface area contributed by atoms with Gasteiger partial charge in [-0.1, -0.05) is 0 Å². The highest BCUT2D eigenvalue weighted by molar-refractivity contribution is 5.59. The molecule has 0 saturated carbocycles. The Balaban J connectivity index is 2.14. The van der Waals surface area contributed by atoms with Crippen LogP contribution in [0.2, 0.25) is 0 Å². The zero-order chi connectivity index (χ0) is 14.9. The summed E-state index contributed by atoms with van der Waals surface area (Å²) >= 11 is 0. The molecule has 20 heavy (non-hydrogen) atoms. The van der Waals surface area contributed by atoms with Crippen LogP contribution in [-0.4, -0.2) is 35.5 Å². The molecular weight excluding hydrogens is 254 g/mol. The number of piperidine rings is 1. The van der Waals surface area contributed by atoms with Crippen molar-refractivity contribution in [2.75, 3.05) is 18.9 Å². The topological polar surface area (TPSA) is 58.4 Å². The van der Waals surface area contributed by atoms with Gasteiger partial charge in [-0.3, -0.25) is 10.1 Å². The third-order valence-electron chi connectivity index (χ3n) is 4.31. The number of rotatable bonds is 3. The predicted octanol–water partition coefficient (Wildman–Crippen LogP) is 3.11. The fourth-order valence-electron chi connectivity index (χ4n) is 2.79. The standard InChI is InChI=1S/C15H23N3O2/c1-10-8-15(18(19)20)11(2)7-14(10)16-13-5-6-17(4)12(3)9-13/h7-8,12-13,16H,5-6,9H2,1-4H3.